The highest BCUT2D eigenvalue weighted by Crippen LogP contribution is 2.14. The average Bonchev–Trinajstić information content (AvgIpc) is 2.51. The lowest BCUT2D eigenvalue weighted by Gasteiger charge is -2.31. The second-order valence-corrected chi connectivity index (χ2v) is 5.64. The molecule has 1 fully saturated rings. The van der Waals surface area contributed by atoms with Gasteiger partial charge in [0, 0.05) is 18.6 Å². The normalized spacial score (nSPS) is 25.7. The van der Waals surface area contributed by atoms with Gasteiger partial charge in [0.15, 0.2) is 0 Å². The van der Waals surface area contributed by atoms with E-state index in [4.69, 9.17) is 0 Å². The van der Waals surface area contributed by atoms with Gasteiger partial charge in [-0.1, -0.05) is 33.6 Å². The SMILES string of the molecule is CCCCC(C)N1CCCNC(C(C)C)C1. The van der Waals surface area contributed by atoms with Crippen LogP contribution in [0, 0.1) is 5.92 Å². The lowest BCUT2D eigenvalue weighted by molar-refractivity contribution is 0.181. The Morgan fingerprint density at radius 2 is 2.06 bits per heavy atom. The molecule has 2 nitrogen and oxygen atoms in total. The van der Waals surface area contributed by atoms with E-state index in [1.807, 2.05) is 0 Å². The molecule has 1 rings (SSSR count). The molecule has 96 valence electrons. The van der Waals surface area contributed by atoms with Crippen molar-refractivity contribution >= 4 is 0 Å². The van der Waals surface area contributed by atoms with Gasteiger partial charge in [0.25, 0.3) is 0 Å². The molecule has 1 heterocycles. The molecule has 0 spiro atoms. The summed E-state index contributed by atoms with van der Waals surface area (Å²) < 4.78 is 0. The van der Waals surface area contributed by atoms with Crippen LogP contribution >= 0.6 is 0 Å². The first-order chi connectivity index (χ1) is 7.65. The van der Waals surface area contributed by atoms with Crippen LogP contribution in [0.3, 0.4) is 0 Å². The highest BCUT2D eigenvalue weighted by atomic mass is 15.2. The second kappa shape index (κ2) is 7.29. The van der Waals surface area contributed by atoms with Crippen LogP contribution in [0.1, 0.15) is 53.4 Å². The molecule has 2 atom stereocenters. The minimum Gasteiger partial charge on any atom is -0.312 e. The fraction of sp³-hybridized carbons (Fsp3) is 1.00. The predicted molar refractivity (Wildman–Crippen MR) is 71.8 cm³/mol. The smallest absolute Gasteiger partial charge is 0.0218 e. The molecule has 1 saturated heterocycles. The summed E-state index contributed by atoms with van der Waals surface area (Å²) in [7, 11) is 0. The third-order valence-corrected chi connectivity index (χ3v) is 3.86. The predicted octanol–water partition coefficient (Wildman–Crippen LogP) is 2.89. The molecular formula is C14H30N2. The Kier molecular flexibility index (Phi) is 6.37. The molecule has 16 heavy (non-hydrogen) atoms. The van der Waals surface area contributed by atoms with E-state index in [0.717, 1.165) is 12.0 Å². The number of hydrogen-bond acceptors (Lipinski definition) is 2. The number of hydrogen-bond donors (Lipinski definition) is 1. The van der Waals surface area contributed by atoms with Crippen LogP contribution < -0.4 is 5.32 Å². The zero-order valence-corrected chi connectivity index (χ0v) is 11.6. The maximum absolute atomic E-state index is 3.68. The maximum Gasteiger partial charge on any atom is 0.0218 e. The van der Waals surface area contributed by atoms with E-state index in [1.165, 1.54) is 45.3 Å². The number of nitrogens with one attached hydrogen (secondary N) is 1. The van der Waals surface area contributed by atoms with Gasteiger partial charge in [-0.05, 0) is 38.8 Å². The fourth-order valence-corrected chi connectivity index (χ4v) is 2.51. The first kappa shape index (κ1) is 14.0. The van der Waals surface area contributed by atoms with Gasteiger partial charge in [0.1, 0.15) is 0 Å². The first-order valence-electron chi connectivity index (χ1n) is 7.12. The Morgan fingerprint density at radius 3 is 2.69 bits per heavy atom. The van der Waals surface area contributed by atoms with Crippen molar-refractivity contribution in [3.8, 4) is 0 Å². The van der Waals surface area contributed by atoms with Crippen molar-refractivity contribution < 1.29 is 0 Å². The number of rotatable bonds is 5. The van der Waals surface area contributed by atoms with Crippen LogP contribution in [0.15, 0.2) is 0 Å². The third kappa shape index (κ3) is 4.42. The van der Waals surface area contributed by atoms with Gasteiger partial charge >= 0.3 is 0 Å². The molecule has 2 unspecified atom stereocenters. The van der Waals surface area contributed by atoms with Gasteiger partial charge in [-0.15, -0.1) is 0 Å². The minimum absolute atomic E-state index is 0.687. The van der Waals surface area contributed by atoms with Crippen LogP contribution in [0.2, 0.25) is 0 Å². The Hall–Kier alpha value is -0.0800. The average molecular weight is 226 g/mol. The van der Waals surface area contributed by atoms with Crippen molar-refractivity contribution in [2.75, 3.05) is 19.6 Å². The Morgan fingerprint density at radius 1 is 1.31 bits per heavy atom. The zero-order valence-electron chi connectivity index (χ0n) is 11.6. The van der Waals surface area contributed by atoms with Gasteiger partial charge < -0.3 is 5.32 Å². The molecule has 0 aromatic carbocycles. The molecule has 1 aliphatic rings. The topological polar surface area (TPSA) is 15.3 Å². The van der Waals surface area contributed by atoms with Gasteiger partial charge in [-0.3, -0.25) is 4.90 Å². The standard InChI is InChI=1S/C14H30N2/c1-5-6-8-13(4)16-10-7-9-15-14(11-16)12(2)3/h12-15H,5-11H2,1-4H3. The van der Waals surface area contributed by atoms with E-state index in [1.54, 1.807) is 0 Å². The number of nitrogens with zero attached hydrogens (tertiary/aromatic N) is 1. The van der Waals surface area contributed by atoms with Crippen molar-refractivity contribution in [2.45, 2.75) is 65.5 Å². The van der Waals surface area contributed by atoms with Crippen molar-refractivity contribution in [3.63, 3.8) is 0 Å². The van der Waals surface area contributed by atoms with E-state index in [-0.39, 0.29) is 0 Å². The lowest BCUT2D eigenvalue weighted by atomic mass is 10.0. The van der Waals surface area contributed by atoms with E-state index in [0.29, 0.717) is 6.04 Å². The highest BCUT2D eigenvalue weighted by molar-refractivity contribution is 4.81. The molecule has 0 saturated carbocycles. The molecule has 1 aliphatic heterocycles. The Balaban J connectivity index is 2.44. The largest absolute Gasteiger partial charge is 0.312 e. The van der Waals surface area contributed by atoms with Crippen molar-refractivity contribution in [1.82, 2.24) is 10.2 Å². The van der Waals surface area contributed by atoms with Gasteiger partial charge in [0.2, 0.25) is 0 Å². The minimum atomic E-state index is 0.687. The van der Waals surface area contributed by atoms with Crippen molar-refractivity contribution in [3.05, 3.63) is 0 Å². The Bertz CT molecular complexity index is 180. The van der Waals surface area contributed by atoms with Gasteiger partial charge in [0.05, 0.1) is 0 Å². The molecule has 2 heteroatoms. The van der Waals surface area contributed by atoms with Crippen LogP contribution in [-0.2, 0) is 0 Å². The summed E-state index contributed by atoms with van der Waals surface area (Å²) in [5, 5.41) is 3.68. The summed E-state index contributed by atoms with van der Waals surface area (Å²) in [5.74, 6) is 0.749. The summed E-state index contributed by atoms with van der Waals surface area (Å²) in [6.07, 6.45) is 5.36. The van der Waals surface area contributed by atoms with Crippen LogP contribution in [0.4, 0.5) is 0 Å². The van der Waals surface area contributed by atoms with E-state index < -0.39 is 0 Å². The summed E-state index contributed by atoms with van der Waals surface area (Å²) >= 11 is 0. The van der Waals surface area contributed by atoms with Gasteiger partial charge in [-0.25, -0.2) is 0 Å². The van der Waals surface area contributed by atoms with Crippen LogP contribution in [0.5, 0.6) is 0 Å². The quantitative estimate of drug-likeness (QED) is 0.775. The van der Waals surface area contributed by atoms with Crippen LogP contribution in [0.25, 0.3) is 0 Å². The summed E-state index contributed by atoms with van der Waals surface area (Å²) in [4.78, 5) is 2.69. The maximum atomic E-state index is 3.68. The molecule has 0 aromatic heterocycles. The molecular weight excluding hydrogens is 196 g/mol. The second-order valence-electron chi connectivity index (χ2n) is 5.64. The lowest BCUT2D eigenvalue weighted by Crippen LogP contribution is -2.44. The summed E-state index contributed by atoms with van der Waals surface area (Å²) in [6, 6.07) is 1.45. The zero-order chi connectivity index (χ0) is 12.0. The van der Waals surface area contributed by atoms with Crippen molar-refractivity contribution in [1.29, 1.82) is 0 Å². The summed E-state index contributed by atoms with van der Waals surface area (Å²) in [5.41, 5.74) is 0. The van der Waals surface area contributed by atoms with Crippen molar-refractivity contribution in [2.24, 2.45) is 5.92 Å². The fourth-order valence-electron chi connectivity index (χ4n) is 2.51. The highest BCUT2D eigenvalue weighted by Gasteiger charge is 2.22. The van der Waals surface area contributed by atoms with Gasteiger partial charge in [-0.2, -0.15) is 0 Å². The molecule has 0 aromatic rings. The van der Waals surface area contributed by atoms with E-state index in [9.17, 15) is 0 Å². The van der Waals surface area contributed by atoms with Crippen LogP contribution in [-0.4, -0.2) is 36.6 Å². The molecule has 0 bridgehead atoms. The third-order valence-electron chi connectivity index (χ3n) is 3.86. The monoisotopic (exact) mass is 226 g/mol. The van der Waals surface area contributed by atoms with E-state index >= 15 is 0 Å². The molecule has 0 amide bonds. The Labute approximate surface area is 102 Å². The summed E-state index contributed by atoms with van der Waals surface area (Å²) in [6.45, 7) is 13.1. The molecule has 0 radical (unpaired) electrons. The molecule has 0 aliphatic carbocycles. The number of unbranched alkanes of at least 4 members (excludes halogenated alkanes) is 1. The van der Waals surface area contributed by atoms with E-state index in [2.05, 4.69) is 37.9 Å². The molecule has 1 N–H and O–H groups in total. The first-order valence-corrected chi connectivity index (χ1v) is 7.12.